The molecule has 0 saturated carbocycles. The average molecular weight is 299 g/mol. The van der Waals surface area contributed by atoms with Crippen LogP contribution in [0, 0.1) is 6.92 Å². The standard InChI is InChI=1S/C11H13N3O3S2/c1-3-12-19(16,17)10-6-9(18-7(10)2)8-4-5-11(15)14-13-8/h4-6,12H,3H2,1-2H3,(H,14,15). The summed E-state index contributed by atoms with van der Waals surface area (Å²) in [6, 6.07) is 4.49. The molecular weight excluding hydrogens is 286 g/mol. The van der Waals surface area contributed by atoms with E-state index in [-0.39, 0.29) is 10.5 Å². The number of nitrogens with zero attached hydrogens (tertiary/aromatic N) is 1. The van der Waals surface area contributed by atoms with Gasteiger partial charge in [0.15, 0.2) is 0 Å². The first-order chi connectivity index (χ1) is 8.94. The molecule has 0 saturated heterocycles. The number of sulfonamides is 1. The first kappa shape index (κ1) is 13.9. The first-order valence-corrected chi connectivity index (χ1v) is 7.90. The number of hydrogen-bond donors (Lipinski definition) is 2. The lowest BCUT2D eigenvalue weighted by Gasteiger charge is -2.02. The Morgan fingerprint density at radius 3 is 2.74 bits per heavy atom. The molecule has 0 bridgehead atoms. The van der Waals surface area contributed by atoms with Gasteiger partial charge in [0, 0.05) is 17.5 Å². The number of aromatic amines is 1. The van der Waals surface area contributed by atoms with Crippen molar-refractivity contribution < 1.29 is 8.42 Å². The molecule has 2 aromatic heterocycles. The van der Waals surface area contributed by atoms with Gasteiger partial charge in [-0.05, 0) is 19.1 Å². The Morgan fingerprint density at radius 1 is 1.42 bits per heavy atom. The number of thiophene rings is 1. The molecule has 0 radical (unpaired) electrons. The molecule has 0 aliphatic carbocycles. The van der Waals surface area contributed by atoms with Gasteiger partial charge in [0.1, 0.15) is 5.69 Å². The molecule has 0 aromatic carbocycles. The van der Waals surface area contributed by atoms with Crippen LogP contribution >= 0.6 is 11.3 Å². The SMILES string of the molecule is CCNS(=O)(=O)c1cc(-c2ccc(=O)[nH]n2)sc1C. The molecule has 0 fully saturated rings. The number of aryl methyl sites for hydroxylation is 1. The molecule has 0 aliphatic heterocycles. The maximum atomic E-state index is 12.0. The zero-order chi connectivity index (χ0) is 14.0. The highest BCUT2D eigenvalue weighted by Gasteiger charge is 2.19. The monoisotopic (exact) mass is 299 g/mol. The van der Waals surface area contributed by atoms with Crippen molar-refractivity contribution in [3.05, 3.63) is 33.4 Å². The van der Waals surface area contributed by atoms with Crippen molar-refractivity contribution in [2.24, 2.45) is 0 Å². The third kappa shape index (κ3) is 2.91. The van der Waals surface area contributed by atoms with Gasteiger partial charge in [0.25, 0.3) is 5.56 Å². The molecule has 0 unspecified atom stereocenters. The number of aromatic nitrogens is 2. The number of hydrogen-bond acceptors (Lipinski definition) is 5. The summed E-state index contributed by atoms with van der Waals surface area (Å²) in [7, 11) is -3.48. The van der Waals surface area contributed by atoms with Gasteiger partial charge in [-0.3, -0.25) is 4.79 Å². The second-order valence-electron chi connectivity index (χ2n) is 3.84. The van der Waals surface area contributed by atoms with Gasteiger partial charge in [0.2, 0.25) is 10.0 Å². The van der Waals surface area contributed by atoms with Gasteiger partial charge < -0.3 is 0 Å². The second-order valence-corrected chi connectivity index (χ2v) is 6.83. The van der Waals surface area contributed by atoms with E-state index in [1.165, 1.54) is 17.4 Å². The van der Waals surface area contributed by atoms with Crippen molar-refractivity contribution in [3.63, 3.8) is 0 Å². The largest absolute Gasteiger partial charge is 0.268 e. The predicted molar refractivity (Wildman–Crippen MR) is 73.8 cm³/mol. The summed E-state index contributed by atoms with van der Waals surface area (Å²) in [5, 5.41) is 6.22. The zero-order valence-corrected chi connectivity index (χ0v) is 12.1. The summed E-state index contributed by atoms with van der Waals surface area (Å²) in [5.41, 5.74) is 0.253. The average Bonchev–Trinajstić information content (AvgIpc) is 2.73. The highest BCUT2D eigenvalue weighted by molar-refractivity contribution is 7.89. The quantitative estimate of drug-likeness (QED) is 0.884. The smallest absolute Gasteiger partial charge is 0.264 e. The molecule has 102 valence electrons. The molecule has 2 aromatic rings. The highest BCUT2D eigenvalue weighted by atomic mass is 32.2. The molecule has 6 nitrogen and oxygen atoms in total. The molecule has 8 heteroatoms. The number of rotatable bonds is 4. The molecular formula is C11H13N3O3S2. The summed E-state index contributed by atoms with van der Waals surface area (Å²) in [6.07, 6.45) is 0. The normalized spacial score (nSPS) is 11.7. The fraction of sp³-hybridized carbons (Fsp3) is 0.273. The number of nitrogens with one attached hydrogen (secondary N) is 2. The lowest BCUT2D eigenvalue weighted by molar-refractivity contribution is 0.584. The summed E-state index contributed by atoms with van der Waals surface area (Å²) in [4.78, 5) is 12.6. The first-order valence-electron chi connectivity index (χ1n) is 5.60. The van der Waals surface area contributed by atoms with Crippen molar-refractivity contribution >= 4 is 21.4 Å². The van der Waals surface area contributed by atoms with Gasteiger partial charge >= 0.3 is 0 Å². The third-order valence-electron chi connectivity index (χ3n) is 2.43. The lowest BCUT2D eigenvalue weighted by Crippen LogP contribution is -2.23. The van der Waals surface area contributed by atoms with Crippen molar-refractivity contribution in [1.82, 2.24) is 14.9 Å². The Hall–Kier alpha value is -1.51. The Morgan fingerprint density at radius 2 is 2.16 bits per heavy atom. The third-order valence-corrected chi connectivity index (χ3v) is 5.30. The topological polar surface area (TPSA) is 91.9 Å². The molecule has 0 amide bonds. The molecule has 0 aliphatic rings. The summed E-state index contributed by atoms with van der Waals surface area (Å²) in [6.45, 7) is 3.80. The second kappa shape index (κ2) is 5.24. The van der Waals surface area contributed by atoms with Crippen molar-refractivity contribution in [3.8, 4) is 10.6 Å². The lowest BCUT2D eigenvalue weighted by atomic mass is 10.3. The van der Waals surface area contributed by atoms with Crippen LogP contribution in [0.2, 0.25) is 0 Å². The fourth-order valence-corrected chi connectivity index (χ4v) is 4.21. The predicted octanol–water partition coefficient (Wildman–Crippen LogP) is 1.11. The molecule has 2 N–H and O–H groups in total. The van der Waals surface area contributed by atoms with Crippen molar-refractivity contribution in [1.29, 1.82) is 0 Å². The Kier molecular flexibility index (Phi) is 3.83. The van der Waals surface area contributed by atoms with Crippen LogP contribution in [-0.2, 0) is 10.0 Å². The van der Waals surface area contributed by atoms with Gasteiger partial charge in [0.05, 0.1) is 9.77 Å². The minimum atomic E-state index is -3.48. The van der Waals surface area contributed by atoms with E-state index in [0.717, 1.165) is 0 Å². The summed E-state index contributed by atoms with van der Waals surface area (Å²) < 4.78 is 26.4. The minimum Gasteiger partial charge on any atom is -0.268 e. The Balaban J connectivity index is 2.47. The maximum Gasteiger partial charge on any atom is 0.264 e. The molecule has 19 heavy (non-hydrogen) atoms. The van der Waals surface area contributed by atoms with Crippen LogP contribution in [-0.4, -0.2) is 25.2 Å². The number of H-pyrrole nitrogens is 1. The van der Waals surface area contributed by atoms with E-state index < -0.39 is 10.0 Å². The van der Waals surface area contributed by atoms with Crippen LogP contribution in [0.15, 0.2) is 27.9 Å². The van der Waals surface area contributed by atoms with Crippen LogP contribution < -0.4 is 10.3 Å². The van der Waals surface area contributed by atoms with Crippen molar-refractivity contribution in [2.75, 3.05) is 6.54 Å². The van der Waals surface area contributed by atoms with E-state index in [2.05, 4.69) is 14.9 Å². The van der Waals surface area contributed by atoms with Gasteiger partial charge in [-0.25, -0.2) is 18.2 Å². The van der Waals surface area contributed by atoms with E-state index in [0.29, 0.717) is 22.0 Å². The van der Waals surface area contributed by atoms with E-state index in [4.69, 9.17) is 0 Å². The maximum absolute atomic E-state index is 12.0. The fourth-order valence-electron chi connectivity index (χ4n) is 1.61. The van der Waals surface area contributed by atoms with Crippen LogP contribution in [0.3, 0.4) is 0 Å². The molecule has 2 rings (SSSR count). The molecule has 0 atom stereocenters. The Labute approximate surface area is 114 Å². The van der Waals surface area contributed by atoms with Crippen LogP contribution in [0.1, 0.15) is 11.8 Å². The minimum absolute atomic E-state index is 0.252. The van der Waals surface area contributed by atoms with E-state index in [1.807, 2.05) is 0 Å². The summed E-state index contributed by atoms with van der Waals surface area (Å²) >= 11 is 1.32. The summed E-state index contributed by atoms with van der Waals surface area (Å²) in [5.74, 6) is 0. The van der Waals surface area contributed by atoms with Gasteiger partial charge in [-0.1, -0.05) is 6.92 Å². The Bertz CT molecular complexity index is 726. The van der Waals surface area contributed by atoms with Crippen LogP contribution in [0.25, 0.3) is 10.6 Å². The van der Waals surface area contributed by atoms with E-state index in [9.17, 15) is 13.2 Å². The van der Waals surface area contributed by atoms with Crippen molar-refractivity contribution in [2.45, 2.75) is 18.7 Å². The van der Waals surface area contributed by atoms with E-state index in [1.54, 1.807) is 26.0 Å². The molecule has 2 heterocycles. The highest BCUT2D eigenvalue weighted by Crippen LogP contribution is 2.31. The molecule has 0 spiro atoms. The van der Waals surface area contributed by atoms with Crippen LogP contribution in [0.5, 0.6) is 0 Å². The van der Waals surface area contributed by atoms with Gasteiger partial charge in [-0.15, -0.1) is 11.3 Å². The van der Waals surface area contributed by atoms with Gasteiger partial charge in [-0.2, -0.15) is 5.10 Å². The van der Waals surface area contributed by atoms with E-state index >= 15 is 0 Å². The zero-order valence-electron chi connectivity index (χ0n) is 10.4. The van der Waals surface area contributed by atoms with Crippen LogP contribution in [0.4, 0.5) is 0 Å².